The fourth-order valence-corrected chi connectivity index (χ4v) is 0.787. The van der Waals surface area contributed by atoms with Gasteiger partial charge in [-0.25, -0.2) is 4.39 Å². The van der Waals surface area contributed by atoms with Crippen LogP contribution in [0.15, 0.2) is 30.3 Å². The van der Waals surface area contributed by atoms with Crippen LogP contribution < -0.4 is 0 Å². The fourth-order valence-electron chi connectivity index (χ4n) is 0.787. The standard InChI is InChI=1S/C10H9FO/c1-8(12)2-3-9-4-6-10(11)7-5-9/h2-7H,1H3. The molecule has 0 aromatic heterocycles. The lowest BCUT2D eigenvalue weighted by Gasteiger charge is -1.90. The molecule has 0 amide bonds. The van der Waals surface area contributed by atoms with Gasteiger partial charge >= 0.3 is 0 Å². The molecule has 1 aromatic rings. The highest BCUT2D eigenvalue weighted by molar-refractivity contribution is 5.91. The quantitative estimate of drug-likeness (QED) is 0.613. The largest absolute Gasteiger partial charge is 0.295 e. The van der Waals surface area contributed by atoms with Crippen LogP contribution in [0.2, 0.25) is 0 Å². The van der Waals surface area contributed by atoms with Crippen LogP contribution in [-0.2, 0) is 4.79 Å². The monoisotopic (exact) mass is 164 g/mol. The molecule has 0 bridgehead atoms. The lowest BCUT2D eigenvalue weighted by atomic mass is 10.2. The summed E-state index contributed by atoms with van der Waals surface area (Å²) in [7, 11) is 0. The summed E-state index contributed by atoms with van der Waals surface area (Å²) in [6.07, 6.45) is 3.11. The Morgan fingerprint density at radius 1 is 1.33 bits per heavy atom. The molecule has 0 saturated heterocycles. The number of benzene rings is 1. The average molecular weight is 164 g/mol. The Hall–Kier alpha value is -1.44. The van der Waals surface area contributed by atoms with E-state index in [4.69, 9.17) is 0 Å². The zero-order valence-corrected chi connectivity index (χ0v) is 6.75. The third-order valence-corrected chi connectivity index (χ3v) is 1.38. The van der Waals surface area contributed by atoms with Gasteiger partial charge in [0.25, 0.3) is 0 Å². The molecule has 12 heavy (non-hydrogen) atoms. The van der Waals surface area contributed by atoms with Crippen LogP contribution >= 0.6 is 0 Å². The van der Waals surface area contributed by atoms with E-state index in [1.165, 1.54) is 25.1 Å². The molecular weight excluding hydrogens is 155 g/mol. The summed E-state index contributed by atoms with van der Waals surface area (Å²) >= 11 is 0. The molecule has 0 unspecified atom stereocenters. The Kier molecular flexibility index (Phi) is 2.75. The van der Waals surface area contributed by atoms with Crippen molar-refractivity contribution >= 4 is 11.9 Å². The zero-order chi connectivity index (χ0) is 8.97. The van der Waals surface area contributed by atoms with Crippen molar-refractivity contribution in [3.8, 4) is 0 Å². The van der Waals surface area contributed by atoms with Gasteiger partial charge in [0.15, 0.2) is 5.78 Å². The van der Waals surface area contributed by atoms with E-state index in [1.54, 1.807) is 18.2 Å². The average Bonchev–Trinajstić information content (AvgIpc) is 2.03. The maximum absolute atomic E-state index is 12.4. The molecule has 2 heteroatoms. The summed E-state index contributed by atoms with van der Waals surface area (Å²) in [4.78, 5) is 10.5. The molecule has 0 aliphatic heterocycles. The van der Waals surface area contributed by atoms with Gasteiger partial charge in [-0.2, -0.15) is 0 Å². The van der Waals surface area contributed by atoms with Crippen molar-refractivity contribution in [1.82, 2.24) is 0 Å². The lowest BCUT2D eigenvalue weighted by Crippen LogP contribution is -1.80. The van der Waals surface area contributed by atoms with E-state index in [0.29, 0.717) is 0 Å². The minimum Gasteiger partial charge on any atom is -0.295 e. The predicted octanol–water partition coefficient (Wildman–Crippen LogP) is 2.43. The van der Waals surface area contributed by atoms with E-state index in [9.17, 15) is 9.18 Å². The number of carbonyl (C=O) groups is 1. The van der Waals surface area contributed by atoms with E-state index in [2.05, 4.69) is 0 Å². The molecular formula is C10H9FO. The first kappa shape index (κ1) is 8.65. The van der Waals surface area contributed by atoms with Gasteiger partial charge in [0, 0.05) is 0 Å². The normalized spacial score (nSPS) is 10.5. The highest BCUT2D eigenvalue weighted by Crippen LogP contribution is 2.04. The van der Waals surface area contributed by atoms with Crippen LogP contribution in [0.5, 0.6) is 0 Å². The van der Waals surface area contributed by atoms with Gasteiger partial charge in [0.05, 0.1) is 0 Å². The minimum atomic E-state index is -0.269. The van der Waals surface area contributed by atoms with Crippen molar-refractivity contribution in [2.45, 2.75) is 6.92 Å². The van der Waals surface area contributed by atoms with Gasteiger partial charge in [0.1, 0.15) is 5.82 Å². The summed E-state index contributed by atoms with van der Waals surface area (Å²) in [5.74, 6) is -0.283. The number of hydrogen-bond acceptors (Lipinski definition) is 1. The van der Waals surface area contributed by atoms with Crippen LogP contribution in [0.3, 0.4) is 0 Å². The van der Waals surface area contributed by atoms with Crippen molar-refractivity contribution in [2.24, 2.45) is 0 Å². The maximum Gasteiger partial charge on any atom is 0.152 e. The third-order valence-electron chi connectivity index (χ3n) is 1.38. The molecule has 1 rings (SSSR count). The van der Waals surface area contributed by atoms with E-state index >= 15 is 0 Å². The molecule has 0 spiro atoms. The van der Waals surface area contributed by atoms with Crippen LogP contribution in [0.1, 0.15) is 12.5 Å². The fraction of sp³-hybridized carbons (Fsp3) is 0.100. The Bertz CT molecular complexity index is 298. The first-order chi connectivity index (χ1) is 5.68. The summed E-state index contributed by atoms with van der Waals surface area (Å²) in [5.41, 5.74) is 0.826. The van der Waals surface area contributed by atoms with Crippen LogP contribution in [-0.4, -0.2) is 5.78 Å². The van der Waals surface area contributed by atoms with Crippen molar-refractivity contribution in [1.29, 1.82) is 0 Å². The SMILES string of the molecule is CC(=O)C=Cc1ccc(F)cc1. The molecule has 0 atom stereocenters. The van der Waals surface area contributed by atoms with Crippen LogP contribution in [0.25, 0.3) is 6.08 Å². The Balaban J connectivity index is 2.77. The molecule has 0 N–H and O–H groups in total. The molecule has 1 aromatic carbocycles. The number of rotatable bonds is 2. The maximum atomic E-state index is 12.4. The summed E-state index contributed by atoms with van der Waals surface area (Å²) < 4.78 is 12.4. The van der Waals surface area contributed by atoms with E-state index < -0.39 is 0 Å². The number of hydrogen-bond donors (Lipinski definition) is 0. The van der Waals surface area contributed by atoms with Crippen molar-refractivity contribution in [3.63, 3.8) is 0 Å². The van der Waals surface area contributed by atoms with Gasteiger partial charge in [-0.1, -0.05) is 18.2 Å². The number of carbonyl (C=O) groups excluding carboxylic acids is 1. The minimum absolute atomic E-state index is 0.0145. The molecule has 0 saturated carbocycles. The smallest absolute Gasteiger partial charge is 0.152 e. The number of allylic oxidation sites excluding steroid dienone is 1. The highest BCUT2D eigenvalue weighted by Gasteiger charge is 1.88. The second-order valence-corrected chi connectivity index (χ2v) is 2.50. The predicted molar refractivity (Wildman–Crippen MR) is 46.1 cm³/mol. The summed E-state index contributed by atoms with van der Waals surface area (Å²) in [6, 6.07) is 5.96. The Morgan fingerprint density at radius 3 is 2.42 bits per heavy atom. The second kappa shape index (κ2) is 3.81. The summed E-state index contributed by atoms with van der Waals surface area (Å²) in [5, 5.41) is 0. The topological polar surface area (TPSA) is 17.1 Å². The van der Waals surface area contributed by atoms with E-state index in [-0.39, 0.29) is 11.6 Å². The van der Waals surface area contributed by atoms with Crippen molar-refractivity contribution < 1.29 is 9.18 Å². The second-order valence-electron chi connectivity index (χ2n) is 2.50. The van der Waals surface area contributed by atoms with Gasteiger partial charge in [-0.15, -0.1) is 0 Å². The highest BCUT2D eigenvalue weighted by atomic mass is 19.1. The van der Waals surface area contributed by atoms with Gasteiger partial charge < -0.3 is 0 Å². The van der Waals surface area contributed by atoms with Crippen molar-refractivity contribution in [2.75, 3.05) is 0 Å². The van der Waals surface area contributed by atoms with E-state index in [0.717, 1.165) is 5.56 Å². The lowest BCUT2D eigenvalue weighted by molar-refractivity contribution is -0.112. The first-order valence-corrected chi connectivity index (χ1v) is 3.63. The summed E-state index contributed by atoms with van der Waals surface area (Å²) in [6.45, 7) is 1.47. The van der Waals surface area contributed by atoms with Gasteiger partial charge in [-0.3, -0.25) is 4.79 Å². The molecule has 0 aliphatic carbocycles. The third kappa shape index (κ3) is 2.66. The molecule has 1 nitrogen and oxygen atoms in total. The van der Waals surface area contributed by atoms with Gasteiger partial charge in [-0.05, 0) is 30.7 Å². The zero-order valence-electron chi connectivity index (χ0n) is 6.75. The van der Waals surface area contributed by atoms with E-state index in [1.807, 2.05) is 0 Å². The first-order valence-electron chi connectivity index (χ1n) is 3.63. The molecule has 0 aliphatic rings. The molecule has 0 fully saturated rings. The van der Waals surface area contributed by atoms with Crippen molar-refractivity contribution in [3.05, 3.63) is 41.7 Å². The molecule has 62 valence electrons. The molecule has 0 radical (unpaired) electrons. The number of ketones is 1. The number of halogens is 1. The molecule has 0 heterocycles. The van der Waals surface area contributed by atoms with Crippen LogP contribution in [0, 0.1) is 5.82 Å². The Morgan fingerprint density at radius 2 is 1.92 bits per heavy atom. The van der Waals surface area contributed by atoms with Gasteiger partial charge in [0.2, 0.25) is 0 Å². The van der Waals surface area contributed by atoms with Crippen LogP contribution in [0.4, 0.5) is 4.39 Å². The Labute approximate surface area is 70.5 Å².